The number of ether oxygens (including phenoxy) is 2. The van der Waals surface area contributed by atoms with Crippen LogP contribution in [-0.2, 0) is 13.6 Å². The highest BCUT2D eigenvalue weighted by atomic mass is 28.4. The van der Waals surface area contributed by atoms with Crippen LogP contribution in [0.1, 0.15) is 47.8 Å². The van der Waals surface area contributed by atoms with E-state index in [4.69, 9.17) is 18.3 Å². The van der Waals surface area contributed by atoms with Gasteiger partial charge >= 0.3 is 6.01 Å². The second kappa shape index (κ2) is 8.26. The molecular weight excluding hydrogens is 464 g/mol. The Labute approximate surface area is 205 Å². The van der Waals surface area contributed by atoms with Crippen molar-refractivity contribution in [3.05, 3.63) is 34.6 Å². The van der Waals surface area contributed by atoms with Gasteiger partial charge < -0.3 is 18.3 Å². The van der Waals surface area contributed by atoms with Gasteiger partial charge in [-0.2, -0.15) is 4.98 Å². The minimum atomic E-state index is -2.16. The Morgan fingerprint density at radius 1 is 1.00 bits per heavy atom. The van der Waals surface area contributed by atoms with Gasteiger partial charge in [-0.15, -0.1) is 0 Å². The molecule has 9 heteroatoms. The SMILES string of the molecule is CC(C)(C)[Si](C)(C)OC[C@H]1O[C@H]2[C@H](Oc3nc4ccccc4c(=O)n32)[C@H]1O[Si](C)(C)C(C)(C)C. The van der Waals surface area contributed by atoms with E-state index in [0.717, 1.165) is 0 Å². The van der Waals surface area contributed by atoms with E-state index >= 15 is 0 Å². The molecule has 34 heavy (non-hydrogen) atoms. The van der Waals surface area contributed by atoms with Gasteiger partial charge in [-0.05, 0) is 48.4 Å². The van der Waals surface area contributed by atoms with E-state index in [1.165, 1.54) is 0 Å². The van der Waals surface area contributed by atoms with Crippen molar-refractivity contribution < 1.29 is 18.3 Å². The van der Waals surface area contributed by atoms with Crippen LogP contribution >= 0.6 is 0 Å². The van der Waals surface area contributed by atoms with Gasteiger partial charge in [-0.25, -0.2) is 4.57 Å². The van der Waals surface area contributed by atoms with Gasteiger partial charge in [0.2, 0.25) is 0 Å². The Bertz CT molecular complexity index is 1130. The third kappa shape index (κ3) is 4.30. The molecule has 1 fully saturated rings. The molecule has 4 rings (SSSR count). The Hall–Kier alpha value is -1.53. The summed E-state index contributed by atoms with van der Waals surface area (Å²) < 4.78 is 27.8. The van der Waals surface area contributed by atoms with Crippen molar-refractivity contribution in [3.63, 3.8) is 0 Å². The van der Waals surface area contributed by atoms with Crippen LogP contribution in [0.25, 0.3) is 10.9 Å². The van der Waals surface area contributed by atoms with E-state index in [1.54, 1.807) is 10.6 Å². The summed E-state index contributed by atoms with van der Waals surface area (Å²) in [6, 6.07) is 7.64. The van der Waals surface area contributed by atoms with E-state index in [-0.39, 0.29) is 27.8 Å². The number of para-hydroxylation sites is 1. The van der Waals surface area contributed by atoms with Crippen molar-refractivity contribution in [1.29, 1.82) is 0 Å². The predicted molar refractivity (Wildman–Crippen MR) is 140 cm³/mol. The van der Waals surface area contributed by atoms with Gasteiger partial charge in [-0.3, -0.25) is 4.79 Å². The number of benzene rings is 1. The molecule has 188 valence electrons. The number of fused-ring (bicyclic) bond motifs is 4. The first-order chi connectivity index (χ1) is 15.5. The molecular formula is C25H40N2O5Si2. The van der Waals surface area contributed by atoms with Crippen LogP contribution < -0.4 is 10.3 Å². The van der Waals surface area contributed by atoms with E-state index in [9.17, 15) is 4.79 Å². The molecule has 0 saturated carbocycles. The minimum absolute atomic E-state index is 0.0190. The molecule has 2 aromatic rings. The lowest BCUT2D eigenvalue weighted by atomic mass is 10.1. The summed E-state index contributed by atoms with van der Waals surface area (Å²) >= 11 is 0. The zero-order chi connectivity index (χ0) is 25.3. The fraction of sp³-hybridized carbons (Fsp3) is 0.680. The van der Waals surface area contributed by atoms with Crippen molar-refractivity contribution in [2.24, 2.45) is 0 Å². The highest BCUT2D eigenvalue weighted by molar-refractivity contribution is 6.74. The molecule has 2 aliphatic rings. The summed E-state index contributed by atoms with van der Waals surface area (Å²) in [7, 11) is -4.16. The van der Waals surface area contributed by atoms with Gasteiger partial charge in [0, 0.05) is 0 Å². The minimum Gasteiger partial charge on any atom is -0.454 e. The van der Waals surface area contributed by atoms with E-state index in [2.05, 4.69) is 72.7 Å². The maximum atomic E-state index is 13.4. The zero-order valence-corrected chi connectivity index (χ0v) is 24.3. The summed E-state index contributed by atoms with van der Waals surface area (Å²) in [5, 5.41) is 0.660. The van der Waals surface area contributed by atoms with Crippen molar-refractivity contribution in [1.82, 2.24) is 9.55 Å². The molecule has 0 aliphatic carbocycles. The fourth-order valence-electron chi connectivity index (χ4n) is 3.90. The summed E-state index contributed by atoms with van der Waals surface area (Å²) in [6.45, 7) is 22.7. The molecule has 1 saturated heterocycles. The van der Waals surface area contributed by atoms with Gasteiger partial charge in [0.05, 0.1) is 17.5 Å². The van der Waals surface area contributed by atoms with E-state index < -0.39 is 29.0 Å². The topological polar surface area (TPSA) is 71.8 Å². The summed E-state index contributed by atoms with van der Waals surface area (Å²) in [5.41, 5.74) is 0.475. The predicted octanol–water partition coefficient (Wildman–Crippen LogP) is 5.47. The molecule has 0 N–H and O–H groups in total. The first kappa shape index (κ1) is 25.6. The van der Waals surface area contributed by atoms with Crippen molar-refractivity contribution in [3.8, 4) is 6.01 Å². The Morgan fingerprint density at radius 2 is 1.62 bits per heavy atom. The van der Waals surface area contributed by atoms with Gasteiger partial charge in [0.1, 0.15) is 12.2 Å². The largest absolute Gasteiger partial charge is 0.454 e. The fourth-order valence-corrected chi connectivity index (χ4v) is 6.23. The molecule has 0 radical (unpaired) electrons. The molecule has 4 atom stereocenters. The molecule has 1 aromatic heterocycles. The van der Waals surface area contributed by atoms with Gasteiger partial charge in [0.15, 0.2) is 29.0 Å². The van der Waals surface area contributed by atoms with Crippen molar-refractivity contribution >= 4 is 27.5 Å². The number of rotatable bonds is 5. The number of hydrogen-bond acceptors (Lipinski definition) is 6. The quantitative estimate of drug-likeness (QED) is 0.503. The molecule has 0 bridgehead atoms. The van der Waals surface area contributed by atoms with Crippen molar-refractivity contribution in [2.75, 3.05) is 6.61 Å². The average molecular weight is 505 g/mol. The zero-order valence-electron chi connectivity index (χ0n) is 22.3. The third-order valence-electron chi connectivity index (χ3n) is 8.21. The molecule has 0 spiro atoms. The summed E-state index contributed by atoms with van der Waals surface area (Å²) in [4.78, 5) is 18.0. The maximum absolute atomic E-state index is 13.4. The van der Waals surface area contributed by atoms with Crippen LogP contribution in [0.2, 0.25) is 36.3 Å². The third-order valence-corrected chi connectivity index (χ3v) is 17.2. The molecule has 3 heterocycles. The molecule has 7 nitrogen and oxygen atoms in total. The van der Waals surface area contributed by atoms with Crippen LogP contribution in [0.5, 0.6) is 6.01 Å². The van der Waals surface area contributed by atoms with Gasteiger partial charge in [-0.1, -0.05) is 53.7 Å². The van der Waals surface area contributed by atoms with Crippen LogP contribution in [0.3, 0.4) is 0 Å². The highest BCUT2D eigenvalue weighted by Gasteiger charge is 2.56. The lowest BCUT2D eigenvalue weighted by Gasteiger charge is -2.41. The van der Waals surface area contributed by atoms with Crippen molar-refractivity contribution in [2.45, 2.75) is 102 Å². The Balaban J connectivity index is 1.69. The molecule has 1 aromatic carbocycles. The normalized spacial score (nSPS) is 25.4. The second-order valence-electron chi connectivity index (χ2n) is 12.6. The number of hydrogen-bond donors (Lipinski definition) is 0. The summed E-state index contributed by atoms with van der Waals surface area (Å²) in [5.74, 6) is 0. The second-order valence-corrected chi connectivity index (χ2v) is 22.2. The smallest absolute Gasteiger partial charge is 0.302 e. The monoisotopic (exact) mass is 504 g/mol. The molecule has 0 unspecified atom stereocenters. The highest BCUT2D eigenvalue weighted by Crippen LogP contribution is 2.45. The summed E-state index contributed by atoms with van der Waals surface area (Å²) in [6.07, 6.45) is -1.70. The van der Waals surface area contributed by atoms with E-state index in [0.29, 0.717) is 23.5 Å². The van der Waals surface area contributed by atoms with Crippen LogP contribution in [0.15, 0.2) is 29.1 Å². The van der Waals surface area contributed by atoms with Gasteiger partial charge in [0.25, 0.3) is 5.56 Å². The first-order valence-electron chi connectivity index (χ1n) is 12.2. The molecule has 0 amide bonds. The number of aromatic nitrogens is 2. The van der Waals surface area contributed by atoms with Crippen LogP contribution in [-0.4, -0.2) is 51.1 Å². The first-order valence-corrected chi connectivity index (χ1v) is 18.0. The lowest BCUT2D eigenvalue weighted by Crippen LogP contribution is -2.51. The van der Waals surface area contributed by atoms with Crippen LogP contribution in [0.4, 0.5) is 0 Å². The van der Waals surface area contributed by atoms with E-state index in [1.807, 2.05) is 18.2 Å². The standard InChI is InChI=1S/C25H40N2O5Si2/c1-24(2,3)33(7,8)29-15-18-19(32-34(9,10)25(4,5)6)20-22(30-18)27-21(28)16-13-11-12-14-17(16)26-23(27)31-20/h11-14,18-20,22H,15H2,1-10H3/t18-,19+,20-,22+/m1/s1. The molecule has 2 aliphatic heterocycles. The lowest BCUT2D eigenvalue weighted by molar-refractivity contribution is -0.0392. The van der Waals surface area contributed by atoms with Crippen LogP contribution in [0, 0.1) is 0 Å². The maximum Gasteiger partial charge on any atom is 0.302 e. The Kier molecular flexibility index (Phi) is 6.21. The average Bonchev–Trinajstić information content (AvgIpc) is 3.21. The number of nitrogens with zero attached hydrogens (tertiary/aromatic N) is 2. The Morgan fingerprint density at radius 3 is 2.24 bits per heavy atom.